The second kappa shape index (κ2) is 6.70. The molecule has 0 aliphatic heterocycles. The maximum atomic E-state index is 11.7. The highest BCUT2D eigenvalue weighted by molar-refractivity contribution is 7.08. The van der Waals surface area contributed by atoms with E-state index in [0.717, 1.165) is 0 Å². The van der Waals surface area contributed by atoms with Crippen LogP contribution in [-0.2, 0) is 11.3 Å². The maximum Gasteiger partial charge on any atom is 0.238 e. The molecule has 0 radical (unpaired) electrons. The van der Waals surface area contributed by atoms with Crippen LogP contribution in [0.2, 0.25) is 5.02 Å². The van der Waals surface area contributed by atoms with Crippen LogP contribution in [0.25, 0.3) is 0 Å². The largest absolute Gasteiger partial charge is 0.325 e. The van der Waals surface area contributed by atoms with Crippen LogP contribution < -0.4 is 10.6 Å². The lowest BCUT2D eigenvalue weighted by Crippen LogP contribution is -2.27. The van der Waals surface area contributed by atoms with E-state index in [4.69, 9.17) is 11.6 Å². The van der Waals surface area contributed by atoms with Gasteiger partial charge in [-0.05, 0) is 47.0 Å². The smallest absolute Gasteiger partial charge is 0.238 e. The lowest BCUT2D eigenvalue weighted by atomic mass is 10.2. The maximum absolute atomic E-state index is 11.7. The first-order valence-corrected chi connectivity index (χ1v) is 7.25. The third-order valence-electron chi connectivity index (χ3n) is 2.67. The van der Waals surface area contributed by atoms with Crippen LogP contribution in [0.4, 0.5) is 5.69 Å². The molecule has 0 saturated carbocycles. The van der Waals surface area contributed by atoms with Gasteiger partial charge in [-0.1, -0.05) is 17.7 Å². The number of hydrogen-bond donors (Lipinski definition) is 2. The summed E-state index contributed by atoms with van der Waals surface area (Å²) >= 11 is 7.53. The summed E-state index contributed by atoms with van der Waals surface area (Å²) < 4.78 is 0. The summed E-state index contributed by atoms with van der Waals surface area (Å²) in [6.45, 7) is 3.06. The lowest BCUT2D eigenvalue weighted by molar-refractivity contribution is -0.115. The number of amides is 1. The Morgan fingerprint density at radius 1 is 1.37 bits per heavy atom. The molecule has 3 nitrogen and oxygen atoms in total. The van der Waals surface area contributed by atoms with E-state index in [1.165, 1.54) is 11.1 Å². The topological polar surface area (TPSA) is 41.1 Å². The number of hydrogen-bond acceptors (Lipinski definition) is 3. The van der Waals surface area contributed by atoms with Crippen molar-refractivity contribution in [2.75, 3.05) is 11.9 Å². The summed E-state index contributed by atoms with van der Waals surface area (Å²) in [5.41, 5.74) is 3.21. The predicted octanol–water partition coefficient (Wildman–Crippen LogP) is 3.44. The first-order valence-electron chi connectivity index (χ1n) is 5.93. The van der Waals surface area contributed by atoms with E-state index in [-0.39, 0.29) is 12.5 Å². The molecule has 1 aromatic carbocycles. The molecule has 0 saturated heterocycles. The van der Waals surface area contributed by atoms with Crippen molar-refractivity contribution in [3.05, 3.63) is 51.2 Å². The molecule has 0 unspecified atom stereocenters. The van der Waals surface area contributed by atoms with Crippen molar-refractivity contribution in [3.63, 3.8) is 0 Å². The van der Waals surface area contributed by atoms with Crippen molar-refractivity contribution in [1.82, 2.24) is 5.32 Å². The van der Waals surface area contributed by atoms with Crippen molar-refractivity contribution in [3.8, 4) is 0 Å². The molecule has 0 aliphatic carbocycles. The Bertz CT molecular complexity index is 568. The van der Waals surface area contributed by atoms with Crippen LogP contribution in [0.5, 0.6) is 0 Å². The number of anilines is 1. The Morgan fingerprint density at radius 3 is 2.89 bits per heavy atom. The van der Waals surface area contributed by atoms with E-state index < -0.39 is 0 Å². The molecule has 2 aromatic rings. The van der Waals surface area contributed by atoms with Gasteiger partial charge >= 0.3 is 0 Å². The van der Waals surface area contributed by atoms with Crippen molar-refractivity contribution in [2.45, 2.75) is 13.5 Å². The zero-order valence-electron chi connectivity index (χ0n) is 10.6. The highest BCUT2D eigenvalue weighted by Gasteiger charge is 2.03. The van der Waals surface area contributed by atoms with E-state index in [1.54, 1.807) is 29.5 Å². The Hall–Kier alpha value is -1.36. The van der Waals surface area contributed by atoms with Crippen molar-refractivity contribution in [1.29, 1.82) is 0 Å². The number of aryl methyl sites for hydroxylation is 1. The Labute approximate surface area is 121 Å². The van der Waals surface area contributed by atoms with Crippen molar-refractivity contribution < 1.29 is 4.79 Å². The van der Waals surface area contributed by atoms with Crippen molar-refractivity contribution in [2.24, 2.45) is 0 Å². The van der Waals surface area contributed by atoms with Gasteiger partial charge < -0.3 is 10.6 Å². The molecule has 1 amide bonds. The molecule has 2 rings (SSSR count). The molecule has 0 spiro atoms. The molecule has 100 valence electrons. The third kappa shape index (κ3) is 4.35. The average molecular weight is 295 g/mol. The minimum absolute atomic E-state index is 0.0739. The number of carbonyl (C=O) groups excluding carboxylic acids is 1. The second-order valence-corrected chi connectivity index (χ2v) is 5.42. The fourth-order valence-corrected chi connectivity index (χ4v) is 2.70. The van der Waals surface area contributed by atoms with Crippen LogP contribution in [0.1, 0.15) is 11.1 Å². The molecule has 1 heterocycles. The molecule has 0 aliphatic rings. The van der Waals surface area contributed by atoms with Gasteiger partial charge in [-0.15, -0.1) is 0 Å². The highest BCUT2D eigenvalue weighted by Crippen LogP contribution is 2.15. The van der Waals surface area contributed by atoms with E-state index in [1.807, 2.05) is 6.07 Å². The molecule has 0 bridgehead atoms. The monoisotopic (exact) mass is 294 g/mol. The number of rotatable bonds is 5. The first-order chi connectivity index (χ1) is 9.15. The van der Waals surface area contributed by atoms with Crippen LogP contribution in [0, 0.1) is 6.92 Å². The number of nitrogens with one attached hydrogen (secondary N) is 2. The zero-order valence-corrected chi connectivity index (χ0v) is 12.1. The van der Waals surface area contributed by atoms with Gasteiger partial charge in [0.05, 0.1) is 6.54 Å². The fraction of sp³-hybridized carbons (Fsp3) is 0.214. The summed E-state index contributed by atoms with van der Waals surface area (Å²) in [6.07, 6.45) is 0. The van der Waals surface area contributed by atoms with Gasteiger partial charge in [-0.3, -0.25) is 4.79 Å². The normalized spacial score (nSPS) is 10.4. The van der Waals surface area contributed by atoms with E-state index in [0.29, 0.717) is 17.3 Å². The molecular weight excluding hydrogens is 280 g/mol. The molecular formula is C14H15ClN2OS. The summed E-state index contributed by atoms with van der Waals surface area (Å²) in [4.78, 5) is 11.7. The summed E-state index contributed by atoms with van der Waals surface area (Å²) in [7, 11) is 0. The molecule has 0 atom stereocenters. The van der Waals surface area contributed by atoms with Crippen LogP contribution in [0.3, 0.4) is 0 Å². The minimum Gasteiger partial charge on any atom is -0.325 e. The van der Waals surface area contributed by atoms with E-state index >= 15 is 0 Å². The van der Waals surface area contributed by atoms with Crippen LogP contribution >= 0.6 is 22.9 Å². The number of thiophene rings is 1. The second-order valence-electron chi connectivity index (χ2n) is 4.24. The summed E-state index contributed by atoms with van der Waals surface area (Å²) in [5.74, 6) is -0.0739. The Kier molecular flexibility index (Phi) is 4.96. The quantitative estimate of drug-likeness (QED) is 0.887. The average Bonchev–Trinajstić information content (AvgIpc) is 2.75. The van der Waals surface area contributed by atoms with Crippen LogP contribution in [0.15, 0.2) is 35.0 Å². The van der Waals surface area contributed by atoms with Crippen LogP contribution in [-0.4, -0.2) is 12.5 Å². The Balaban J connectivity index is 1.77. The molecule has 1 aromatic heterocycles. The van der Waals surface area contributed by atoms with E-state index in [9.17, 15) is 4.79 Å². The van der Waals surface area contributed by atoms with Crippen molar-refractivity contribution >= 4 is 34.5 Å². The number of benzene rings is 1. The van der Waals surface area contributed by atoms with Gasteiger partial charge in [0.15, 0.2) is 0 Å². The van der Waals surface area contributed by atoms with Gasteiger partial charge in [0.2, 0.25) is 5.91 Å². The first kappa shape index (κ1) is 14.1. The highest BCUT2D eigenvalue weighted by atomic mass is 35.5. The lowest BCUT2D eigenvalue weighted by Gasteiger charge is -2.07. The van der Waals surface area contributed by atoms with Gasteiger partial charge in [-0.2, -0.15) is 11.3 Å². The Morgan fingerprint density at radius 2 is 2.21 bits per heavy atom. The minimum atomic E-state index is -0.0739. The summed E-state index contributed by atoms with van der Waals surface area (Å²) in [5, 5.41) is 10.7. The number of halogens is 1. The van der Waals surface area contributed by atoms with Gasteiger partial charge in [0.25, 0.3) is 0 Å². The standard InChI is InChI=1S/C14H15ClN2OS/c1-10-8-19-9-11(10)6-16-7-14(18)17-13-4-2-3-12(15)5-13/h2-5,8-9,16H,6-7H2,1H3,(H,17,18). The summed E-state index contributed by atoms with van der Waals surface area (Å²) in [6, 6.07) is 7.12. The molecule has 0 fully saturated rings. The van der Waals surface area contributed by atoms with Gasteiger partial charge in [0.1, 0.15) is 0 Å². The zero-order chi connectivity index (χ0) is 13.7. The fourth-order valence-electron chi connectivity index (χ4n) is 1.65. The van der Waals surface area contributed by atoms with Gasteiger partial charge in [-0.25, -0.2) is 0 Å². The third-order valence-corrected chi connectivity index (χ3v) is 3.82. The molecule has 2 N–H and O–H groups in total. The van der Waals surface area contributed by atoms with Gasteiger partial charge in [0, 0.05) is 17.3 Å². The molecule has 19 heavy (non-hydrogen) atoms. The number of carbonyl (C=O) groups is 1. The SMILES string of the molecule is Cc1cscc1CNCC(=O)Nc1cccc(Cl)c1. The predicted molar refractivity (Wildman–Crippen MR) is 80.8 cm³/mol. The van der Waals surface area contributed by atoms with E-state index in [2.05, 4.69) is 28.3 Å². The molecule has 5 heteroatoms.